The number of fused-ring (bicyclic) bond motifs is 1. The summed E-state index contributed by atoms with van der Waals surface area (Å²) in [5, 5.41) is 0.507. The molecule has 0 saturated carbocycles. The van der Waals surface area contributed by atoms with E-state index in [9.17, 15) is 9.59 Å². The van der Waals surface area contributed by atoms with Gasteiger partial charge in [-0.05, 0) is 19.1 Å². The average Bonchev–Trinajstić information content (AvgIpc) is 2.77. The van der Waals surface area contributed by atoms with E-state index in [-0.39, 0.29) is 12.5 Å². The fourth-order valence-electron chi connectivity index (χ4n) is 1.91. The molecule has 0 atom stereocenters. The normalized spacial score (nSPS) is 12.7. The Balaban J connectivity index is 2.64. The predicted molar refractivity (Wildman–Crippen MR) is 91.5 cm³/mol. The fourth-order valence-corrected chi connectivity index (χ4v) is 3.30. The lowest BCUT2D eigenvalue weighted by atomic mass is 9.96. The summed E-state index contributed by atoms with van der Waals surface area (Å²) in [6, 6.07) is 5.45. The number of aromatic nitrogens is 1. The largest absolute Gasteiger partial charge is 0.465 e. The molecule has 1 aromatic heterocycles. The number of carbonyl (C=O) groups excluding carboxylic acids is 2. The van der Waals surface area contributed by atoms with Gasteiger partial charge in [-0.2, -0.15) is 4.99 Å². The average molecular weight is 355 g/mol. The summed E-state index contributed by atoms with van der Waals surface area (Å²) in [7, 11) is 0. The Labute approximate surface area is 143 Å². The van der Waals surface area contributed by atoms with E-state index in [1.165, 1.54) is 11.3 Å². The molecule has 5 nitrogen and oxygen atoms in total. The van der Waals surface area contributed by atoms with Crippen molar-refractivity contribution in [1.82, 2.24) is 4.57 Å². The Morgan fingerprint density at radius 2 is 2.04 bits per heavy atom. The van der Waals surface area contributed by atoms with Crippen LogP contribution in [-0.2, 0) is 20.9 Å². The van der Waals surface area contributed by atoms with E-state index in [2.05, 4.69) is 4.99 Å². The van der Waals surface area contributed by atoms with Gasteiger partial charge in [0.25, 0.3) is 5.91 Å². The van der Waals surface area contributed by atoms with E-state index >= 15 is 0 Å². The van der Waals surface area contributed by atoms with Crippen LogP contribution in [0.5, 0.6) is 0 Å². The maximum Gasteiger partial charge on any atom is 0.326 e. The molecular weight excluding hydrogens is 336 g/mol. The second kappa shape index (κ2) is 6.84. The van der Waals surface area contributed by atoms with Crippen LogP contribution in [0.25, 0.3) is 10.2 Å². The van der Waals surface area contributed by atoms with Crippen molar-refractivity contribution >= 4 is 45.0 Å². The number of thiazole rings is 1. The number of halogens is 1. The van der Waals surface area contributed by atoms with Crippen molar-refractivity contribution in [1.29, 1.82) is 0 Å². The first-order chi connectivity index (χ1) is 10.7. The van der Waals surface area contributed by atoms with Gasteiger partial charge < -0.3 is 9.30 Å². The van der Waals surface area contributed by atoms with Crippen LogP contribution >= 0.6 is 22.9 Å². The van der Waals surface area contributed by atoms with Crippen LogP contribution in [-0.4, -0.2) is 23.1 Å². The highest BCUT2D eigenvalue weighted by Crippen LogP contribution is 2.25. The minimum absolute atomic E-state index is 0.0339. The summed E-state index contributed by atoms with van der Waals surface area (Å²) >= 11 is 7.60. The maximum absolute atomic E-state index is 12.2. The van der Waals surface area contributed by atoms with E-state index < -0.39 is 11.4 Å². The molecule has 0 spiro atoms. The minimum Gasteiger partial charge on any atom is -0.465 e. The molecule has 7 heteroatoms. The molecule has 0 unspecified atom stereocenters. The van der Waals surface area contributed by atoms with Crippen LogP contribution in [0.4, 0.5) is 0 Å². The minimum atomic E-state index is -0.596. The van der Waals surface area contributed by atoms with Crippen LogP contribution < -0.4 is 4.80 Å². The van der Waals surface area contributed by atoms with Gasteiger partial charge >= 0.3 is 5.97 Å². The molecule has 124 valence electrons. The maximum atomic E-state index is 12.2. The number of para-hydroxylation sites is 1. The molecule has 1 heterocycles. The van der Waals surface area contributed by atoms with Crippen molar-refractivity contribution < 1.29 is 14.3 Å². The molecule has 0 radical (unpaired) electrons. The molecule has 2 rings (SSSR count). The van der Waals surface area contributed by atoms with Gasteiger partial charge in [-0.15, -0.1) is 0 Å². The molecule has 0 aliphatic heterocycles. The monoisotopic (exact) mass is 354 g/mol. The van der Waals surface area contributed by atoms with Gasteiger partial charge in [0.15, 0.2) is 4.80 Å². The van der Waals surface area contributed by atoms with Gasteiger partial charge in [0.1, 0.15) is 6.54 Å². The first-order valence-electron chi connectivity index (χ1n) is 7.26. The van der Waals surface area contributed by atoms with Crippen molar-refractivity contribution in [3.05, 3.63) is 28.0 Å². The molecule has 23 heavy (non-hydrogen) atoms. The van der Waals surface area contributed by atoms with Gasteiger partial charge in [0, 0.05) is 5.41 Å². The third-order valence-corrected chi connectivity index (χ3v) is 4.43. The molecule has 0 fully saturated rings. The SMILES string of the molecule is CCOC(=O)Cn1c(=NC(=O)C(C)(C)C)sc2cccc(Cl)c21. The van der Waals surface area contributed by atoms with E-state index in [0.717, 1.165) is 4.70 Å². The summed E-state index contributed by atoms with van der Waals surface area (Å²) < 4.78 is 7.51. The number of hydrogen-bond donors (Lipinski definition) is 0. The standard InChI is InChI=1S/C16H19ClN2O3S/c1-5-22-12(20)9-19-13-10(17)7-6-8-11(13)23-15(19)18-14(21)16(2,3)4/h6-8H,5,9H2,1-4H3. The second-order valence-corrected chi connectivity index (χ2v) is 7.45. The van der Waals surface area contributed by atoms with Crippen LogP contribution in [0, 0.1) is 5.41 Å². The summed E-state index contributed by atoms with van der Waals surface area (Å²) in [5.41, 5.74) is 0.0922. The molecule has 1 aromatic carbocycles. The summed E-state index contributed by atoms with van der Waals surface area (Å²) in [5.74, 6) is -0.644. The molecule has 0 saturated heterocycles. The summed E-state index contributed by atoms with van der Waals surface area (Å²) in [6.45, 7) is 7.41. The Hall–Kier alpha value is -1.66. The molecule has 0 bridgehead atoms. The zero-order valence-electron chi connectivity index (χ0n) is 13.6. The Morgan fingerprint density at radius 3 is 2.65 bits per heavy atom. The van der Waals surface area contributed by atoms with Crippen molar-refractivity contribution in [3.63, 3.8) is 0 Å². The number of ether oxygens (including phenoxy) is 1. The van der Waals surface area contributed by atoms with Crippen LogP contribution in [0.15, 0.2) is 23.2 Å². The fraction of sp³-hybridized carbons (Fsp3) is 0.438. The quantitative estimate of drug-likeness (QED) is 0.794. The lowest BCUT2D eigenvalue weighted by Crippen LogP contribution is -2.26. The number of benzene rings is 1. The van der Waals surface area contributed by atoms with E-state index in [0.29, 0.717) is 21.9 Å². The van der Waals surface area contributed by atoms with Gasteiger partial charge in [-0.25, -0.2) is 0 Å². The van der Waals surface area contributed by atoms with Crippen molar-refractivity contribution in [3.8, 4) is 0 Å². The second-order valence-electron chi connectivity index (χ2n) is 6.03. The first kappa shape index (κ1) is 17.7. The van der Waals surface area contributed by atoms with Crippen LogP contribution in [0.1, 0.15) is 27.7 Å². The van der Waals surface area contributed by atoms with Gasteiger partial charge in [0.2, 0.25) is 0 Å². The van der Waals surface area contributed by atoms with E-state index in [4.69, 9.17) is 16.3 Å². The molecule has 2 aromatic rings. The Bertz CT molecular complexity index is 815. The lowest BCUT2D eigenvalue weighted by Gasteiger charge is -2.12. The van der Waals surface area contributed by atoms with E-state index in [1.54, 1.807) is 38.3 Å². The van der Waals surface area contributed by atoms with Crippen molar-refractivity contribution in [2.45, 2.75) is 34.2 Å². The number of esters is 1. The van der Waals surface area contributed by atoms with Crippen molar-refractivity contribution in [2.24, 2.45) is 10.4 Å². The highest BCUT2D eigenvalue weighted by Gasteiger charge is 2.22. The van der Waals surface area contributed by atoms with Gasteiger partial charge in [0.05, 0.1) is 21.8 Å². The topological polar surface area (TPSA) is 60.7 Å². The van der Waals surface area contributed by atoms with Crippen molar-refractivity contribution in [2.75, 3.05) is 6.61 Å². The number of rotatable bonds is 3. The Morgan fingerprint density at radius 1 is 1.35 bits per heavy atom. The smallest absolute Gasteiger partial charge is 0.326 e. The predicted octanol–water partition coefficient (Wildman–Crippen LogP) is 3.39. The third kappa shape index (κ3) is 4.00. The van der Waals surface area contributed by atoms with Gasteiger partial charge in [-0.3, -0.25) is 9.59 Å². The van der Waals surface area contributed by atoms with Crippen LogP contribution in [0.2, 0.25) is 5.02 Å². The number of hydrogen-bond acceptors (Lipinski definition) is 4. The van der Waals surface area contributed by atoms with Gasteiger partial charge in [-0.1, -0.05) is 49.8 Å². The van der Waals surface area contributed by atoms with E-state index in [1.807, 2.05) is 12.1 Å². The number of amides is 1. The third-order valence-electron chi connectivity index (χ3n) is 3.08. The zero-order valence-corrected chi connectivity index (χ0v) is 15.1. The molecule has 0 aliphatic rings. The molecular formula is C16H19ClN2O3S. The lowest BCUT2D eigenvalue weighted by molar-refractivity contribution is -0.143. The zero-order chi connectivity index (χ0) is 17.2. The number of carbonyl (C=O) groups is 2. The highest BCUT2D eigenvalue weighted by molar-refractivity contribution is 7.16. The molecule has 0 N–H and O–H groups in total. The highest BCUT2D eigenvalue weighted by atomic mass is 35.5. The first-order valence-corrected chi connectivity index (χ1v) is 8.46. The molecule has 1 amide bonds. The summed E-state index contributed by atoms with van der Waals surface area (Å²) in [6.07, 6.45) is 0. The summed E-state index contributed by atoms with van der Waals surface area (Å²) in [4.78, 5) is 28.8. The molecule has 0 aliphatic carbocycles. The Kier molecular flexibility index (Phi) is 5.26. The van der Waals surface area contributed by atoms with Crippen LogP contribution in [0.3, 0.4) is 0 Å². The number of nitrogens with zero attached hydrogens (tertiary/aromatic N) is 2.